The highest BCUT2D eigenvalue weighted by Crippen LogP contribution is 2.78. The van der Waals surface area contributed by atoms with E-state index < -0.39 is 24.6 Å². The highest BCUT2D eigenvalue weighted by Gasteiger charge is 2.78. The number of hydrogen-bond donors (Lipinski definition) is 3. The Morgan fingerprint density at radius 3 is 2.38 bits per heavy atom. The summed E-state index contributed by atoms with van der Waals surface area (Å²) in [5, 5.41) is 7.55. The molecule has 2 rings (SSSR count). The zero-order valence-electron chi connectivity index (χ0n) is 6.88. The molecule has 2 fully saturated rings. The SMILES string of the molecule is O=C(O)C1C2CCCC21P(=O)(O)O. The van der Waals surface area contributed by atoms with Gasteiger partial charge in [0.25, 0.3) is 0 Å². The Balaban J connectivity index is 2.33. The Bertz CT molecular complexity index is 308. The van der Waals surface area contributed by atoms with Crippen molar-refractivity contribution in [3.8, 4) is 0 Å². The molecule has 0 aromatic carbocycles. The molecule has 2 aliphatic rings. The minimum atomic E-state index is -4.24. The first kappa shape index (κ1) is 9.19. The van der Waals surface area contributed by atoms with Crippen LogP contribution in [0.3, 0.4) is 0 Å². The average Bonchev–Trinajstić information content (AvgIpc) is 2.43. The molecule has 74 valence electrons. The van der Waals surface area contributed by atoms with Crippen LogP contribution >= 0.6 is 7.60 Å². The van der Waals surface area contributed by atoms with Gasteiger partial charge in [-0.25, -0.2) is 0 Å². The van der Waals surface area contributed by atoms with Crippen LogP contribution < -0.4 is 0 Å². The molecule has 13 heavy (non-hydrogen) atoms. The molecule has 0 saturated heterocycles. The van der Waals surface area contributed by atoms with Crippen molar-refractivity contribution < 1.29 is 24.3 Å². The smallest absolute Gasteiger partial charge is 0.332 e. The zero-order chi connectivity index (χ0) is 9.85. The molecule has 0 heterocycles. The van der Waals surface area contributed by atoms with Gasteiger partial charge in [0, 0.05) is 0 Å². The summed E-state index contributed by atoms with van der Waals surface area (Å²) in [6.07, 6.45) is 1.74. The summed E-state index contributed by atoms with van der Waals surface area (Å²) in [6.45, 7) is 0. The largest absolute Gasteiger partial charge is 0.481 e. The van der Waals surface area contributed by atoms with E-state index in [-0.39, 0.29) is 5.92 Å². The predicted molar refractivity (Wildman–Crippen MR) is 43.2 cm³/mol. The fourth-order valence-corrected chi connectivity index (χ4v) is 4.53. The molecule has 0 spiro atoms. The second kappa shape index (κ2) is 2.35. The third-order valence-electron chi connectivity index (χ3n) is 3.37. The van der Waals surface area contributed by atoms with Gasteiger partial charge in [-0.15, -0.1) is 0 Å². The Morgan fingerprint density at radius 1 is 1.46 bits per heavy atom. The zero-order valence-corrected chi connectivity index (χ0v) is 7.78. The van der Waals surface area contributed by atoms with Gasteiger partial charge < -0.3 is 14.9 Å². The molecule has 2 saturated carbocycles. The molecular weight excluding hydrogens is 195 g/mol. The number of rotatable bonds is 2. The van der Waals surface area contributed by atoms with Crippen LogP contribution in [0.2, 0.25) is 0 Å². The first-order valence-corrected chi connectivity index (χ1v) is 5.81. The molecule has 0 aromatic heterocycles. The van der Waals surface area contributed by atoms with E-state index in [9.17, 15) is 9.36 Å². The van der Waals surface area contributed by atoms with Gasteiger partial charge in [-0.2, -0.15) is 0 Å². The van der Waals surface area contributed by atoms with Gasteiger partial charge in [-0.1, -0.05) is 6.42 Å². The monoisotopic (exact) mass is 206 g/mol. The summed E-state index contributed by atoms with van der Waals surface area (Å²) >= 11 is 0. The standard InChI is InChI=1S/C7H11O5P/c8-6(9)5-4-2-1-3-7(4,5)13(10,11)12/h4-5H,1-3H2,(H,8,9)(H2,10,11,12). The van der Waals surface area contributed by atoms with Crippen LogP contribution in [0.4, 0.5) is 0 Å². The summed E-state index contributed by atoms with van der Waals surface area (Å²) in [7, 11) is -4.24. The highest BCUT2D eigenvalue weighted by atomic mass is 31.2. The molecule has 0 bridgehead atoms. The lowest BCUT2D eigenvalue weighted by Gasteiger charge is -2.14. The number of carboxylic acids is 1. The van der Waals surface area contributed by atoms with E-state index in [0.717, 1.165) is 6.42 Å². The number of fused-ring (bicyclic) bond motifs is 1. The van der Waals surface area contributed by atoms with E-state index in [1.54, 1.807) is 0 Å². The van der Waals surface area contributed by atoms with Crippen LogP contribution in [0, 0.1) is 11.8 Å². The molecule has 5 nitrogen and oxygen atoms in total. The Labute approximate surface area is 74.9 Å². The third kappa shape index (κ3) is 0.951. The molecule has 3 N–H and O–H groups in total. The molecule has 0 aromatic rings. The topological polar surface area (TPSA) is 94.8 Å². The van der Waals surface area contributed by atoms with Crippen molar-refractivity contribution in [1.29, 1.82) is 0 Å². The lowest BCUT2D eigenvalue weighted by atomic mass is 10.1. The van der Waals surface area contributed by atoms with E-state index in [4.69, 9.17) is 14.9 Å². The second-order valence-corrected chi connectivity index (χ2v) is 5.77. The van der Waals surface area contributed by atoms with Gasteiger partial charge >= 0.3 is 13.6 Å². The van der Waals surface area contributed by atoms with E-state index in [2.05, 4.69) is 0 Å². The van der Waals surface area contributed by atoms with Crippen molar-refractivity contribution in [2.45, 2.75) is 24.4 Å². The molecule has 3 unspecified atom stereocenters. The molecule has 0 amide bonds. The van der Waals surface area contributed by atoms with Gasteiger partial charge in [0.1, 0.15) is 0 Å². The Kier molecular flexibility index (Phi) is 1.66. The second-order valence-electron chi connectivity index (χ2n) is 3.85. The summed E-state index contributed by atoms with van der Waals surface area (Å²) < 4.78 is 11.1. The van der Waals surface area contributed by atoms with E-state index in [0.29, 0.717) is 12.8 Å². The number of aliphatic carboxylic acids is 1. The fourth-order valence-electron chi connectivity index (χ4n) is 2.79. The minimum Gasteiger partial charge on any atom is -0.481 e. The van der Waals surface area contributed by atoms with Crippen molar-refractivity contribution in [2.75, 3.05) is 0 Å². The molecule has 0 radical (unpaired) electrons. The lowest BCUT2D eigenvalue weighted by Crippen LogP contribution is -2.16. The highest BCUT2D eigenvalue weighted by molar-refractivity contribution is 7.54. The predicted octanol–water partition coefficient (Wildman–Crippen LogP) is 0.417. The van der Waals surface area contributed by atoms with Crippen LogP contribution in [0.25, 0.3) is 0 Å². The third-order valence-corrected chi connectivity index (χ3v) is 5.29. The molecule has 3 atom stereocenters. The van der Waals surface area contributed by atoms with E-state index in [1.807, 2.05) is 0 Å². The van der Waals surface area contributed by atoms with Gasteiger partial charge in [-0.05, 0) is 18.8 Å². The van der Waals surface area contributed by atoms with Gasteiger partial charge in [0.05, 0.1) is 11.1 Å². The number of hydrogen-bond acceptors (Lipinski definition) is 2. The maximum atomic E-state index is 11.1. The molecule has 0 aliphatic heterocycles. The minimum absolute atomic E-state index is 0.286. The van der Waals surface area contributed by atoms with Crippen molar-refractivity contribution in [2.24, 2.45) is 11.8 Å². The van der Waals surface area contributed by atoms with Crippen molar-refractivity contribution >= 4 is 13.6 Å². The first-order chi connectivity index (χ1) is 5.91. The maximum absolute atomic E-state index is 11.1. The molecule has 2 aliphatic carbocycles. The summed E-state index contributed by atoms with van der Waals surface area (Å²) in [6, 6.07) is 0. The van der Waals surface area contributed by atoms with Crippen LogP contribution in [0.15, 0.2) is 0 Å². The molecule has 6 heteroatoms. The normalized spacial score (nSPS) is 42.9. The van der Waals surface area contributed by atoms with Crippen LogP contribution in [-0.2, 0) is 9.36 Å². The van der Waals surface area contributed by atoms with Crippen LogP contribution in [0.5, 0.6) is 0 Å². The number of carboxylic acid groups (broad SMARTS) is 1. The van der Waals surface area contributed by atoms with Gasteiger partial charge in [-0.3, -0.25) is 9.36 Å². The molecular formula is C7H11O5P. The number of carbonyl (C=O) groups is 1. The summed E-state index contributed by atoms with van der Waals surface area (Å²) in [4.78, 5) is 28.9. The van der Waals surface area contributed by atoms with Crippen molar-refractivity contribution in [3.63, 3.8) is 0 Å². The Hall–Kier alpha value is -0.380. The van der Waals surface area contributed by atoms with Crippen molar-refractivity contribution in [3.05, 3.63) is 0 Å². The van der Waals surface area contributed by atoms with Gasteiger partial charge in [0.2, 0.25) is 0 Å². The average molecular weight is 206 g/mol. The summed E-state index contributed by atoms with van der Waals surface area (Å²) in [5.41, 5.74) is 0. The van der Waals surface area contributed by atoms with E-state index in [1.165, 1.54) is 0 Å². The maximum Gasteiger partial charge on any atom is 0.332 e. The first-order valence-electron chi connectivity index (χ1n) is 4.20. The quantitative estimate of drug-likeness (QED) is 0.569. The van der Waals surface area contributed by atoms with Gasteiger partial charge in [0.15, 0.2) is 0 Å². The van der Waals surface area contributed by atoms with Crippen molar-refractivity contribution in [1.82, 2.24) is 0 Å². The van der Waals surface area contributed by atoms with Crippen LogP contribution in [0.1, 0.15) is 19.3 Å². The summed E-state index contributed by atoms with van der Waals surface area (Å²) in [5.74, 6) is -2.15. The van der Waals surface area contributed by atoms with Crippen LogP contribution in [-0.4, -0.2) is 26.0 Å². The lowest BCUT2D eigenvalue weighted by molar-refractivity contribution is -0.139. The van der Waals surface area contributed by atoms with E-state index >= 15 is 0 Å². The Morgan fingerprint density at radius 2 is 2.08 bits per heavy atom. The fraction of sp³-hybridized carbons (Fsp3) is 0.857.